The van der Waals surface area contributed by atoms with Gasteiger partial charge in [-0.2, -0.15) is 0 Å². The molecule has 0 N–H and O–H groups in total. The van der Waals surface area contributed by atoms with Crippen LogP contribution in [-0.4, -0.2) is 34.9 Å². The van der Waals surface area contributed by atoms with Crippen molar-refractivity contribution in [1.82, 2.24) is 4.90 Å². The first-order valence-electron chi connectivity index (χ1n) is 4.45. The SMILES string of the molecule is CCN1C=CC=[N+]2CCCC12. The fraction of sp³-hybridized carbons (Fsp3) is 0.667. The van der Waals surface area contributed by atoms with Crippen molar-refractivity contribution in [2.24, 2.45) is 0 Å². The van der Waals surface area contributed by atoms with Crippen molar-refractivity contribution in [2.45, 2.75) is 25.9 Å². The molecule has 2 heteroatoms. The topological polar surface area (TPSA) is 6.25 Å². The summed E-state index contributed by atoms with van der Waals surface area (Å²) in [4.78, 5) is 2.41. The maximum atomic E-state index is 2.43. The normalized spacial score (nSPS) is 28.6. The van der Waals surface area contributed by atoms with Crippen LogP contribution in [0.25, 0.3) is 0 Å². The van der Waals surface area contributed by atoms with Crippen LogP contribution < -0.4 is 0 Å². The van der Waals surface area contributed by atoms with E-state index in [0.717, 1.165) is 6.54 Å². The number of nitrogens with zero attached hydrogens (tertiary/aromatic N) is 2. The maximum Gasteiger partial charge on any atom is 0.228 e. The summed E-state index contributed by atoms with van der Waals surface area (Å²) in [6.45, 7) is 4.59. The minimum absolute atomic E-state index is 0.671. The molecule has 2 aliphatic rings. The highest BCUT2D eigenvalue weighted by Gasteiger charge is 2.31. The molecule has 2 rings (SSSR count). The summed E-state index contributed by atoms with van der Waals surface area (Å²) in [5, 5.41) is 0. The van der Waals surface area contributed by atoms with E-state index in [2.05, 4.69) is 34.9 Å². The lowest BCUT2D eigenvalue weighted by Gasteiger charge is -2.24. The molecular formula is C9H15N2+. The van der Waals surface area contributed by atoms with E-state index in [-0.39, 0.29) is 0 Å². The highest BCUT2D eigenvalue weighted by molar-refractivity contribution is 5.66. The van der Waals surface area contributed by atoms with Crippen LogP contribution in [-0.2, 0) is 0 Å². The molecule has 0 aromatic heterocycles. The monoisotopic (exact) mass is 151 g/mol. The molecule has 2 heterocycles. The highest BCUT2D eigenvalue weighted by atomic mass is 15.3. The highest BCUT2D eigenvalue weighted by Crippen LogP contribution is 2.18. The average molecular weight is 151 g/mol. The molecule has 60 valence electrons. The second-order valence-corrected chi connectivity index (χ2v) is 3.18. The van der Waals surface area contributed by atoms with E-state index >= 15 is 0 Å². The third-order valence-corrected chi connectivity index (χ3v) is 2.56. The van der Waals surface area contributed by atoms with Gasteiger partial charge in [0, 0.05) is 31.7 Å². The Morgan fingerprint density at radius 1 is 1.64 bits per heavy atom. The molecule has 1 fully saturated rings. The lowest BCUT2D eigenvalue weighted by Crippen LogP contribution is -2.38. The van der Waals surface area contributed by atoms with E-state index in [1.165, 1.54) is 19.4 Å². The van der Waals surface area contributed by atoms with Crippen molar-refractivity contribution in [3.8, 4) is 0 Å². The first-order chi connectivity index (χ1) is 5.42. The molecule has 0 aliphatic carbocycles. The summed E-state index contributed by atoms with van der Waals surface area (Å²) in [5.74, 6) is 0. The summed E-state index contributed by atoms with van der Waals surface area (Å²) in [5.41, 5.74) is 0. The fourth-order valence-electron chi connectivity index (χ4n) is 1.98. The molecule has 2 nitrogen and oxygen atoms in total. The van der Waals surface area contributed by atoms with Gasteiger partial charge in [-0.05, 0) is 6.92 Å². The molecule has 11 heavy (non-hydrogen) atoms. The lowest BCUT2D eigenvalue weighted by atomic mass is 10.3. The van der Waals surface area contributed by atoms with E-state index in [4.69, 9.17) is 0 Å². The van der Waals surface area contributed by atoms with Crippen LogP contribution in [0.15, 0.2) is 12.3 Å². The lowest BCUT2D eigenvalue weighted by molar-refractivity contribution is -0.562. The smallest absolute Gasteiger partial charge is 0.228 e. The molecule has 1 unspecified atom stereocenters. The van der Waals surface area contributed by atoms with Crippen LogP contribution in [0, 0.1) is 0 Å². The van der Waals surface area contributed by atoms with Gasteiger partial charge < -0.3 is 4.90 Å². The number of hydrogen-bond acceptors (Lipinski definition) is 1. The van der Waals surface area contributed by atoms with Crippen LogP contribution in [0.5, 0.6) is 0 Å². The predicted molar refractivity (Wildman–Crippen MR) is 45.7 cm³/mol. The fourth-order valence-corrected chi connectivity index (χ4v) is 1.98. The largest absolute Gasteiger partial charge is 0.321 e. The van der Waals surface area contributed by atoms with Gasteiger partial charge in [-0.1, -0.05) is 0 Å². The van der Waals surface area contributed by atoms with Gasteiger partial charge in [-0.25, -0.2) is 4.58 Å². The molecule has 0 aromatic rings. The summed E-state index contributed by atoms with van der Waals surface area (Å²) >= 11 is 0. The number of fused-ring (bicyclic) bond motifs is 1. The minimum atomic E-state index is 0.671. The van der Waals surface area contributed by atoms with Crippen LogP contribution in [0.1, 0.15) is 19.8 Å². The van der Waals surface area contributed by atoms with Crippen molar-refractivity contribution in [3.63, 3.8) is 0 Å². The summed E-state index contributed by atoms with van der Waals surface area (Å²) in [6, 6.07) is 0. The van der Waals surface area contributed by atoms with Crippen molar-refractivity contribution >= 4 is 6.21 Å². The minimum Gasteiger partial charge on any atom is -0.321 e. The second kappa shape index (κ2) is 2.68. The Morgan fingerprint density at radius 3 is 3.36 bits per heavy atom. The first kappa shape index (κ1) is 6.89. The Labute approximate surface area is 67.8 Å². The van der Waals surface area contributed by atoms with Gasteiger partial charge in [0.15, 0.2) is 6.21 Å². The third kappa shape index (κ3) is 1.06. The van der Waals surface area contributed by atoms with Crippen LogP contribution in [0.2, 0.25) is 0 Å². The van der Waals surface area contributed by atoms with E-state index in [1.54, 1.807) is 0 Å². The van der Waals surface area contributed by atoms with Crippen molar-refractivity contribution in [1.29, 1.82) is 0 Å². The zero-order chi connectivity index (χ0) is 7.68. The zero-order valence-corrected chi connectivity index (χ0v) is 7.03. The molecule has 2 aliphatic heterocycles. The average Bonchev–Trinajstić information content (AvgIpc) is 2.50. The Hall–Kier alpha value is -0.790. The van der Waals surface area contributed by atoms with Gasteiger partial charge in [-0.15, -0.1) is 0 Å². The number of hydrogen-bond donors (Lipinski definition) is 0. The van der Waals surface area contributed by atoms with Crippen molar-refractivity contribution < 1.29 is 4.58 Å². The van der Waals surface area contributed by atoms with Gasteiger partial charge in [0.2, 0.25) is 6.17 Å². The van der Waals surface area contributed by atoms with E-state index in [1.807, 2.05) is 0 Å². The molecule has 1 atom stereocenters. The molecular weight excluding hydrogens is 136 g/mol. The second-order valence-electron chi connectivity index (χ2n) is 3.18. The predicted octanol–water partition coefficient (Wildman–Crippen LogP) is 1.04. The van der Waals surface area contributed by atoms with E-state index in [9.17, 15) is 0 Å². The van der Waals surface area contributed by atoms with E-state index in [0.29, 0.717) is 6.17 Å². The summed E-state index contributed by atoms with van der Waals surface area (Å²) in [6.07, 6.45) is 9.90. The molecule has 0 saturated carbocycles. The van der Waals surface area contributed by atoms with Gasteiger partial charge in [0.05, 0.1) is 0 Å². The molecule has 0 bridgehead atoms. The molecule has 0 spiro atoms. The first-order valence-corrected chi connectivity index (χ1v) is 4.45. The van der Waals surface area contributed by atoms with Crippen molar-refractivity contribution in [3.05, 3.63) is 12.3 Å². The van der Waals surface area contributed by atoms with Crippen LogP contribution in [0.4, 0.5) is 0 Å². The maximum absolute atomic E-state index is 2.43. The summed E-state index contributed by atoms with van der Waals surface area (Å²) < 4.78 is 2.43. The Morgan fingerprint density at radius 2 is 2.55 bits per heavy atom. The molecule has 1 saturated heterocycles. The number of allylic oxidation sites excluding steroid dienone is 1. The van der Waals surface area contributed by atoms with E-state index < -0.39 is 0 Å². The van der Waals surface area contributed by atoms with Gasteiger partial charge in [0.1, 0.15) is 6.54 Å². The van der Waals surface area contributed by atoms with Gasteiger partial charge in [0.25, 0.3) is 0 Å². The van der Waals surface area contributed by atoms with Crippen LogP contribution >= 0.6 is 0 Å². The van der Waals surface area contributed by atoms with Gasteiger partial charge >= 0.3 is 0 Å². The zero-order valence-electron chi connectivity index (χ0n) is 7.03. The van der Waals surface area contributed by atoms with Gasteiger partial charge in [-0.3, -0.25) is 0 Å². The molecule has 0 aromatic carbocycles. The molecule has 0 radical (unpaired) electrons. The summed E-state index contributed by atoms with van der Waals surface area (Å²) in [7, 11) is 0. The molecule has 0 amide bonds. The third-order valence-electron chi connectivity index (χ3n) is 2.56. The Kier molecular flexibility index (Phi) is 1.68. The Bertz CT molecular complexity index is 206. The van der Waals surface area contributed by atoms with Crippen LogP contribution in [0.3, 0.4) is 0 Å². The standard InChI is InChI=1S/C9H15N2/c1-2-10-7-4-8-11-6-3-5-9(10)11/h4,7-9H,2-3,5-6H2,1H3/q+1. The van der Waals surface area contributed by atoms with Crippen molar-refractivity contribution in [2.75, 3.05) is 13.1 Å². The Balaban J connectivity index is 2.18. The number of rotatable bonds is 1. The quantitative estimate of drug-likeness (QED) is 0.507.